The average molecular weight is 332 g/mol. The van der Waals surface area contributed by atoms with Crippen LogP contribution >= 0.6 is 11.6 Å². The zero-order chi connectivity index (χ0) is 16.2. The Hall–Kier alpha value is -2.73. The number of nitrogens with zero attached hydrogens (tertiary/aromatic N) is 2. The second-order valence-corrected chi connectivity index (χ2v) is 5.21. The van der Waals surface area contributed by atoms with E-state index in [1.165, 1.54) is 12.1 Å². The SMILES string of the molecule is O=C(Cc1ccc(F)cc1)Nc1nnc(-c2cccc(Cl)c2)o1. The summed E-state index contributed by atoms with van der Waals surface area (Å²) in [7, 11) is 0. The van der Waals surface area contributed by atoms with Gasteiger partial charge in [0.05, 0.1) is 6.42 Å². The number of carbonyl (C=O) groups is 1. The van der Waals surface area contributed by atoms with Gasteiger partial charge in [-0.2, -0.15) is 0 Å². The standard InChI is InChI=1S/C16H11ClFN3O2/c17-12-3-1-2-11(9-12)15-20-21-16(23-15)19-14(22)8-10-4-6-13(18)7-5-10/h1-7,9H,8H2,(H,19,21,22). The molecule has 0 saturated carbocycles. The number of hydrogen-bond donors (Lipinski definition) is 1. The Balaban J connectivity index is 1.66. The van der Waals surface area contributed by atoms with Crippen LogP contribution in [0.2, 0.25) is 5.02 Å². The van der Waals surface area contributed by atoms with Crippen molar-refractivity contribution in [1.29, 1.82) is 0 Å². The van der Waals surface area contributed by atoms with Crippen LogP contribution in [-0.4, -0.2) is 16.1 Å². The van der Waals surface area contributed by atoms with Gasteiger partial charge in [-0.3, -0.25) is 10.1 Å². The summed E-state index contributed by atoms with van der Waals surface area (Å²) >= 11 is 5.90. The smallest absolute Gasteiger partial charge is 0.322 e. The second-order valence-electron chi connectivity index (χ2n) is 4.77. The molecule has 0 atom stereocenters. The Morgan fingerprint density at radius 2 is 1.96 bits per heavy atom. The number of nitrogens with one attached hydrogen (secondary N) is 1. The first-order valence-electron chi connectivity index (χ1n) is 6.74. The first-order valence-corrected chi connectivity index (χ1v) is 7.12. The Morgan fingerprint density at radius 3 is 2.70 bits per heavy atom. The van der Waals surface area contributed by atoms with Gasteiger partial charge in [-0.25, -0.2) is 4.39 Å². The van der Waals surface area contributed by atoms with Gasteiger partial charge >= 0.3 is 6.01 Å². The van der Waals surface area contributed by atoms with E-state index in [1.807, 2.05) is 0 Å². The number of carbonyl (C=O) groups excluding carboxylic acids is 1. The third-order valence-corrected chi connectivity index (χ3v) is 3.26. The van der Waals surface area contributed by atoms with Gasteiger partial charge in [-0.1, -0.05) is 34.9 Å². The van der Waals surface area contributed by atoms with E-state index in [0.717, 1.165) is 0 Å². The molecule has 5 nitrogen and oxygen atoms in total. The summed E-state index contributed by atoms with van der Waals surface area (Å²) in [4.78, 5) is 11.9. The summed E-state index contributed by atoms with van der Waals surface area (Å²) in [5.41, 5.74) is 1.34. The number of amides is 1. The van der Waals surface area contributed by atoms with Crippen molar-refractivity contribution in [3.05, 3.63) is 64.9 Å². The molecule has 7 heteroatoms. The van der Waals surface area contributed by atoms with Crippen molar-refractivity contribution in [3.8, 4) is 11.5 Å². The van der Waals surface area contributed by atoms with E-state index >= 15 is 0 Å². The van der Waals surface area contributed by atoms with Gasteiger partial charge in [0, 0.05) is 10.6 Å². The molecule has 0 unspecified atom stereocenters. The van der Waals surface area contributed by atoms with Gasteiger partial charge in [0.25, 0.3) is 0 Å². The number of benzene rings is 2. The molecule has 0 aliphatic carbocycles. The monoisotopic (exact) mass is 331 g/mol. The summed E-state index contributed by atoms with van der Waals surface area (Å²) in [6.07, 6.45) is 0.0785. The summed E-state index contributed by atoms with van der Waals surface area (Å²) in [6.45, 7) is 0. The van der Waals surface area contributed by atoms with Crippen molar-refractivity contribution < 1.29 is 13.6 Å². The first-order chi connectivity index (χ1) is 11.1. The molecule has 116 valence electrons. The van der Waals surface area contributed by atoms with Crippen LogP contribution in [0.25, 0.3) is 11.5 Å². The van der Waals surface area contributed by atoms with Crippen LogP contribution in [0.4, 0.5) is 10.4 Å². The van der Waals surface area contributed by atoms with E-state index in [2.05, 4.69) is 15.5 Å². The molecule has 0 fully saturated rings. The quantitative estimate of drug-likeness (QED) is 0.791. The maximum atomic E-state index is 12.8. The Morgan fingerprint density at radius 1 is 1.17 bits per heavy atom. The van der Waals surface area contributed by atoms with Crippen LogP contribution in [0.15, 0.2) is 52.9 Å². The lowest BCUT2D eigenvalue weighted by Gasteiger charge is -2.01. The largest absolute Gasteiger partial charge is 0.403 e. The minimum Gasteiger partial charge on any atom is -0.403 e. The van der Waals surface area contributed by atoms with Crippen LogP contribution in [0.3, 0.4) is 0 Å². The van der Waals surface area contributed by atoms with Crippen molar-refractivity contribution in [2.24, 2.45) is 0 Å². The van der Waals surface area contributed by atoms with Crippen molar-refractivity contribution >= 4 is 23.5 Å². The van der Waals surface area contributed by atoms with Gasteiger partial charge in [0.2, 0.25) is 11.8 Å². The Labute approximate surface area is 136 Å². The highest BCUT2D eigenvalue weighted by atomic mass is 35.5. The fourth-order valence-electron chi connectivity index (χ4n) is 1.96. The van der Waals surface area contributed by atoms with Crippen LogP contribution in [0, 0.1) is 5.82 Å². The van der Waals surface area contributed by atoms with Crippen molar-refractivity contribution in [1.82, 2.24) is 10.2 Å². The van der Waals surface area contributed by atoms with E-state index in [0.29, 0.717) is 16.1 Å². The van der Waals surface area contributed by atoms with Crippen molar-refractivity contribution in [3.63, 3.8) is 0 Å². The predicted molar refractivity (Wildman–Crippen MR) is 83.5 cm³/mol. The second kappa shape index (κ2) is 6.58. The summed E-state index contributed by atoms with van der Waals surface area (Å²) in [5, 5.41) is 10.7. The Bertz CT molecular complexity index is 833. The molecule has 0 radical (unpaired) electrons. The predicted octanol–water partition coefficient (Wildman–Crippen LogP) is 3.71. The molecule has 23 heavy (non-hydrogen) atoms. The lowest BCUT2D eigenvalue weighted by atomic mass is 10.1. The topological polar surface area (TPSA) is 68.0 Å². The minimum atomic E-state index is -0.350. The summed E-state index contributed by atoms with van der Waals surface area (Å²) in [5.74, 6) is -0.431. The maximum absolute atomic E-state index is 12.8. The minimum absolute atomic E-state index is 0.00733. The molecular weight excluding hydrogens is 321 g/mol. The lowest BCUT2D eigenvalue weighted by Crippen LogP contribution is -2.14. The maximum Gasteiger partial charge on any atom is 0.322 e. The summed E-state index contributed by atoms with van der Waals surface area (Å²) in [6, 6.07) is 12.6. The molecule has 0 aliphatic heterocycles. The highest BCUT2D eigenvalue weighted by Gasteiger charge is 2.12. The molecule has 0 bridgehead atoms. The molecule has 1 N–H and O–H groups in total. The van der Waals surface area contributed by atoms with Crippen molar-refractivity contribution in [2.75, 3.05) is 5.32 Å². The third-order valence-electron chi connectivity index (χ3n) is 3.02. The highest BCUT2D eigenvalue weighted by Crippen LogP contribution is 2.22. The number of anilines is 1. The van der Waals surface area contributed by atoms with E-state index in [-0.39, 0.29) is 30.1 Å². The van der Waals surface area contributed by atoms with Gasteiger partial charge in [0.15, 0.2) is 0 Å². The Kier molecular flexibility index (Phi) is 4.34. The highest BCUT2D eigenvalue weighted by molar-refractivity contribution is 6.30. The third kappa shape index (κ3) is 3.92. The molecule has 3 rings (SSSR count). The zero-order valence-electron chi connectivity index (χ0n) is 11.8. The zero-order valence-corrected chi connectivity index (χ0v) is 12.5. The van der Waals surface area contributed by atoms with Crippen LogP contribution in [0.5, 0.6) is 0 Å². The molecular formula is C16H11ClFN3O2. The molecule has 0 aliphatic rings. The van der Waals surface area contributed by atoms with E-state index < -0.39 is 0 Å². The molecule has 2 aromatic carbocycles. The average Bonchev–Trinajstić information content (AvgIpc) is 2.98. The number of aromatic nitrogens is 2. The first kappa shape index (κ1) is 15.2. The van der Waals surface area contributed by atoms with Crippen LogP contribution < -0.4 is 5.32 Å². The lowest BCUT2D eigenvalue weighted by molar-refractivity contribution is -0.115. The fourth-order valence-corrected chi connectivity index (χ4v) is 2.15. The van der Waals surface area contributed by atoms with Gasteiger partial charge in [-0.05, 0) is 35.9 Å². The van der Waals surface area contributed by atoms with Crippen LogP contribution in [0.1, 0.15) is 5.56 Å². The molecule has 3 aromatic rings. The molecule has 1 aromatic heterocycles. The molecule has 0 spiro atoms. The molecule has 1 heterocycles. The van der Waals surface area contributed by atoms with Gasteiger partial charge in [-0.15, -0.1) is 5.10 Å². The van der Waals surface area contributed by atoms with E-state index in [1.54, 1.807) is 36.4 Å². The van der Waals surface area contributed by atoms with Gasteiger partial charge < -0.3 is 4.42 Å². The van der Waals surface area contributed by atoms with Gasteiger partial charge in [0.1, 0.15) is 5.82 Å². The molecule has 0 saturated heterocycles. The number of rotatable bonds is 4. The van der Waals surface area contributed by atoms with Crippen LogP contribution in [-0.2, 0) is 11.2 Å². The normalized spacial score (nSPS) is 10.5. The summed E-state index contributed by atoms with van der Waals surface area (Å²) < 4.78 is 18.2. The van der Waals surface area contributed by atoms with Crippen molar-refractivity contribution in [2.45, 2.75) is 6.42 Å². The molecule has 1 amide bonds. The fraction of sp³-hybridized carbons (Fsp3) is 0.0625. The van der Waals surface area contributed by atoms with E-state index in [4.69, 9.17) is 16.0 Å². The number of halogens is 2. The van der Waals surface area contributed by atoms with E-state index in [9.17, 15) is 9.18 Å². The number of hydrogen-bond acceptors (Lipinski definition) is 4.